The van der Waals surface area contributed by atoms with E-state index < -0.39 is 0 Å². The van der Waals surface area contributed by atoms with E-state index in [4.69, 9.17) is 0 Å². The van der Waals surface area contributed by atoms with Gasteiger partial charge in [-0.05, 0) is 48.4 Å². The fourth-order valence-electron chi connectivity index (χ4n) is 3.27. The smallest absolute Gasteiger partial charge is 0.257 e. The lowest BCUT2D eigenvalue weighted by Gasteiger charge is -2.13. The molecule has 0 saturated carbocycles. The van der Waals surface area contributed by atoms with Crippen LogP contribution < -0.4 is 5.32 Å². The Balaban J connectivity index is 1.65. The van der Waals surface area contributed by atoms with Gasteiger partial charge in [0.15, 0.2) is 5.82 Å². The largest absolute Gasteiger partial charge is 0.396 e. The lowest BCUT2D eigenvalue weighted by atomic mass is 9.99. The molecule has 29 heavy (non-hydrogen) atoms. The van der Waals surface area contributed by atoms with E-state index in [0.29, 0.717) is 16.9 Å². The minimum atomic E-state index is -0.222. The maximum atomic E-state index is 13.0. The molecule has 2 aromatic heterocycles. The van der Waals surface area contributed by atoms with Crippen LogP contribution >= 0.6 is 0 Å². The third kappa shape index (κ3) is 3.75. The molecule has 1 unspecified atom stereocenters. The lowest BCUT2D eigenvalue weighted by molar-refractivity contribution is 0.102. The molecule has 0 radical (unpaired) electrons. The Morgan fingerprint density at radius 1 is 1.17 bits per heavy atom. The number of pyridine rings is 1. The molecule has 1 atom stereocenters. The highest BCUT2D eigenvalue weighted by atomic mass is 16.3. The number of benzene rings is 2. The Bertz CT molecular complexity index is 1170. The number of aromatic nitrogens is 3. The van der Waals surface area contributed by atoms with Crippen molar-refractivity contribution in [1.29, 1.82) is 0 Å². The molecule has 3 N–H and O–H groups in total. The van der Waals surface area contributed by atoms with Crippen molar-refractivity contribution >= 4 is 22.6 Å². The molecule has 6 nitrogen and oxygen atoms in total. The number of hydrogen-bond acceptors (Lipinski definition) is 4. The Kier molecular flexibility index (Phi) is 5.10. The summed E-state index contributed by atoms with van der Waals surface area (Å²) in [6.45, 7) is 3.99. The Hall–Kier alpha value is -3.51. The van der Waals surface area contributed by atoms with E-state index in [2.05, 4.69) is 20.3 Å². The van der Waals surface area contributed by atoms with E-state index >= 15 is 0 Å². The van der Waals surface area contributed by atoms with Crippen LogP contribution in [-0.4, -0.2) is 32.6 Å². The molecule has 0 saturated heterocycles. The summed E-state index contributed by atoms with van der Waals surface area (Å²) in [4.78, 5) is 25.1. The average Bonchev–Trinajstić information content (AvgIpc) is 3.19. The number of nitrogens with one attached hydrogen (secondary N) is 2. The molecule has 2 aromatic carbocycles. The summed E-state index contributed by atoms with van der Waals surface area (Å²) >= 11 is 0. The first-order valence-corrected chi connectivity index (χ1v) is 9.49. The van der Waals surface area contributed by atoms with Crippen LogP contribution in [0.2, 0.25) is 0 Å². The zero-order valence-electron chi connectivity index (χ0n) is 16.3. The fourth-order valence-corrected chi connectivity index (χ4v) is 3.27. The van der Waals surface area contributed by atoms with E-state index in [9.17, 15) is 9.90 Å². The number of anilines is 1. The number of aliphatic hydroxyl groups is 1. The second kappa shape index (κ2) is 7.85. The summed E-state index contributed by atoms with van der Waals surface area (Å²) in [6.07, 6.45) is 1.71. The van der Waals surface area contributed by atoms with Gasteiger partial charge in [-0.3, -0.25) is 9.78 Å². The van der Waals surface area contributed by atoms with Crippen molar-refractivity contribution < 1.29 is 9.90 Å². The third-order valence-electron chi connectivity index (χ3n) is 5.01. The molecule has 0 aliphatic rings. The zero-order chi connectivity index (χ0) is 20.4. The SMILES string of the molecule is Cc1cc(C(C)CO)ccc1NC(=O)c1cccc2[nH]c(-c3ccccn3)nc12. The second-order valence-corrected chi connectivity index (χ2v) is 7.11. The van der Waals surface area contributed by atoms with Crippen LogP contribution in [0.15, 0.2) is 60.8 Å². The zero-order valence-corrected chi connectivity index (χ0v) is 16.3. The van der Waals surface area contributed by atoms with Crippen molar-refractivity contribution in [3.05, 3.63) is 77.5 Å². The number of aliphatic hydroxyl groups excluding tert-OH is 1. The van der Waals surface area contributed by atoms with Crippen LogP contribution in [0.3, 0.4) is 0 Å². The molecule has 4 aromatic rings. The molecule has 0 bridgehead atoms. The summed E-state index contributed by atoms with van der Waals surface area (Å²) < 4.78 is 0. The number of aryl methyl sites for hydroxylation is 1. The molecular weight excluding hydrogens is 364 g/mol. The van der Waals surface area contributed by atoms with Crippen molar-refractivity contribution in [3.63, 3.8) is 0 Å². The number of aromatic amines is 1. The molecule has 146 valence electrons. The first-order valence-electron chi connectivity index (χ1n) is 9.49. The van der Waals surface area contributed by atoms with Crippen LogP contribution in [0.25, 0.3) is 22.6 Å². The lowest BCUT2D eigenvalue weighted by Crippen LogP contribution is -2.13. The first kappa shape index (κ1) is 18.8. The summed E-state index contributed by atoms with van der Waals surface area (Å²) in [5, 5.41) is 12.3. The predicted octanol–water partition coefficient (Wildman–Crippen LogP) is 4.28. The van der Waals surface area contributed by atoms with Crippen LogP contribution in [-0.2, 0) is 0 Å². The summed E-state index contributed by atoms with van der Waals surface area (Å²) in [6, 6.07) is 16.9. The highest BCUT2D eigenvalue weighted by Gasteiger charge is 2.16. The highest BCUT2D eigenvalue weighted by molar-refractivity contribution is 6.12. The Morgan fingerprint density at radius 3 is 2.76 bits per heavy atom. The number of carbonyl (C=O) groups excluding carboxylic acids is 1. The predicted molar refractivity (Wildman–Crippen MR) is 114 cm³/mol. The van der Waals surface area contributed by atoms with Gasteiger partial charge in [-0.15, -0.1) is 0 Å². The summed E-state index contributed by atoms with van der Waals surface area (Å²) in [5.41, 5.74) is 5.32. The van der Waals surface area contributed by atoms with E-state index in [-0.39, 0.29) is 18.4 Å². The van der Waals surface area contributed by atoms with Gasteiger partial charge < -0.3 is 15.4 Å². The number of hydrogen-bond donors (Lipinski definition) is 3. The average molecular weight is 386 g/mol. The molecule has 0 fully saturated rings. The molecule has 2 heterocycles. The van der Waals surface area contributed by atoms with Crippen LogP contribution in [0.5, 0.6) is 0 Å². The van der Waals surface area contributed by atoms with E-state index in [0.717, 1.165) is 28.0 Å². The summed E-state index contributed by atoms with van der Waals surface area (Å²) in [7, 11) is 0. The fraction of sp³-hybridized carbons (Fsp3) is 0.174. The van der Waals surface area contributed by atoms with E-state index in [1.54, 1.807) is 12.3 Å². The number of carbonyl (C=O) groups is 1. The molecule has 0 aliphatic carbocycles. The standard InChI is InChI=1S/C23H22N4O2/c1-14-12-16(15(2)13-28)9-10-18(14)26-23(29)17-6-5-8-19-21(17)27-22(25-19)20-7-3-4-11-24-20/h3-12,15,28H,13H2,1-2H3,(H,25,27)(H,26,29). The van der Waals surface area contributed by atoms with Crippen molar-refractivity contribution in [3.8, 4) is 11.5 Å². The normalized spacial score (nSPS) is 12.1. The van der Waals surface area contributed by atoms with Crippen molar-refractivity contribution in [1.82, 2.24) is 15.0 Å². The van der Waals surface area contributed by atoms with Crippen LogP contribution in [0, 0.1) is 6.92 Å². The Morgan fingerprint density at radius 2 is 2.03 bits per heavy atom. The first-order chi connectivity index (χ1) is 14.1. The number of imidazole rings is 1. The molecule has 1 amide bonds. The molecule has 6 heteroatoms. The van der Waals surface area contributed by atoms with Gasteiger partial charge in [0.25, 0.3) is 5.91 Å². The maximum Gasteiger partial charge on any atom is 0.257 e. The molecule has 0 spiro atoms. The molecule has 0 aliphatic heterocycles. The van der Waals surface area contributed by atoms with Crippen molar-refractivity contribution in [2.24, 2.45) is 0 Å². The maximum absolute atomic E-state index is 13.0. The number of para-hydroxylation sites is 1. The minimum absolute atomic E-state index is 0.0567. The van der Waals surface area contributed by atoms with Gasteiger partial charge in [0.2, 0.25) is 0 Å². The topological polar surface area (TPSA) is 90.9 Å². The third-order valence-corrected chi connectivity index (χ3v) is 5.01. The van der Waals surface area contributed by atoms with Crippen molar-refractivity contribution in [2.45, 2.75) is 19.8 Å². The quantitative estimate of drug-likeness (QED) is 0.477. The number of rotatable bonds is 5. The van der Waals surface area contributed by atoms with E-state index in [1.165, 1.54) is 0 Å². The van der Waals surface area contributed by atoms with Crippen LogP contribution in [0.1, 0.15) is 34.3 Å². The van der Waals surface area contributed by atoms with Gasteiger partial charge in [0, 0.05) is 24.4 Å². The number of amides is 1. The van der Waals surface area contributed by atoms with Crippen molar-refractivity contribution in [2.75, 3.05) is 11.9 Å². The second-order valence-electron chi connectivity index (χ2n) is 7.11. The number of nitrogens with zero attached hydrogens (tertiary/aromatic N) is 2. The van der Waals surface area contributed by atoms with Gasteiger partial charge in [0.1, 0.15) is 11.2 Å². The van der Waals surface area contributed by atoms with Gasteiger partial charge in [-0.1, -0.05) is 31.2 Å². The monoisotopic (exact) mass is 386 g/mol. The van der Waals surface area contributed by atoms with Crippen LogP contribution in [0.4, 0.5) is 5.69 Å². The van der Waals surface area contributed by atoms with E-state index in [1.807, 2.05) is 62.4 Å². The van der Waals surface area contributed by atoms with Gasteiger partial charge in [-0.25, -0.2) is 4.98 Å². The number of H-pyrrole nitrogens is 1. The highest BCUT2D eigenvalue weighted by Crippen LogP contribution is 2.25. The molecular formula is C23H22N4O2. The number of fused-ring (bicyclic) bond motifs is 1. The summed E-state index contributed by atoms with van der Waals surface area (Å²) in [5.74, 6) is 0.460. The minimum Gasteiger partial charge on any atom is -0.396 e. The van der Waals surface area contributed by atoms with Gasteiger partial charge in [0.05, 0.1) is 11.1 Å². The Labute approximate surface area is 168 Å². The van der Waals surface area contributed by atoms with Gasteiger partial charge >= 0.3 is 0 Å². The molecule has 4 rings (SSSR count). The van der Waals surface area contributed by atoms with Gasteiger partial charge in [-0.2, -0.15) is 0 Å².